The van der Waals surface area contributed by atoms with Crippen LogP contribution in [0.2, 0.25) is 0 Å². The number of benzene rings is 2. The number of nitrogens with zero attached hydrogens (tertiary/aromatic N) is 3. The Morgan fingerprint density at radius 2 is 1.28 bits per heavy atom. The molecule has 0 aromatic heterocycles. The number of methoxy groups -OCH3 is 2. The van der Waals surface area contributed by atoms with Crippen molar-refractivity contribution in [2.45, 2.75) is 168 Å². The van der Waals surface area contributed by atoms with Gasteiger partial charge in [0.15, 0.2) is 5.60 Å². The molecular weight excluding hydrogens is 973 g/mol. The van der Waals surface area contributed by atoms with E-state index in [1.807, 2.05) is 82.4 Å². The molecule has 4 aliphatic rings. The standard InChI is InChI=1S/C26H39BrN2O3S.C21H30BrNO2S.C4H7N/c1-9-32-24(7,16-28)26(29-33(30)23(4,5)6)21-12-20(27)11-10-19(21)15-25(26)13-17(2)22(31-8)18(3)14-25;1-13-10-21(11-14(2)18(13)25-6)12-15-7-8-16(22)9-17(15)19(21)23-26(24)20(3,4)5;1-4(2)3-5/h10-12,17-18,22,29H,9,13-15H2,1-8H3;7-9,13-14,18H,10-12H2,1-6H3;4H,1-2H3/t17-,18+,22?,24?,25?,26-,33?;13-,14+,18?,21?,26?;/m1../s1. The van der Waals surface area contributed by atoms with Crippen LogP contribution < -0.4 is 4.72 Å². The molecule has 6 rings (SSSR count). The average Bonchev–Trinajstić information content (AvgIpc) is 3.61. The lowest BCUT2D eigenvalue weighted by molar-refractivity contribution is -0.141. The van der Waals surface area contributed by atoms with E-state index >= 15 is 0 Å². The third kappa shape index (κ3) is 11.0. The first kappa shape index (κ1) is 54.8. The summed E-state index contributed by atoms with van der Waals surface area (Å²) in [4.78, 5) is 0. The Kier molecular flexibility index (Phi) is 18.2. The topological polar surface area (TPSA) is 134 Å². The van der Waals surface area contributed by atoms with Crippen molar-refractivity contribution < 1.29 is 22.6 Å². The summed E-state index contributed by atoms with van der Waals surface area (Å²) in [7, 11) is 0.926. The van der Waals surface area contributed by atoms with Gasteiger partial charge in [0.05, 0.1) is 50.5 Å². The lowest BCUT2D eigenvalue weighted by Crippen LogP contribution is -2.69. The van der Waals surface area contributed by atoms with Crippen molar-refractivity contribution in [2.24, 2.45) is 44.8 Å². The molecule has 12 atom stereocenters. The van der Waals surface area contributed by atoms with Gasteiger partial charge in [-0.25, -0.2) is 13.1 Å². The highest BCUT2D eigenvalue weighted by Crippen LogP contribution is 2.65. The second kappa shape index (κ2) is 21.2. The molecule has 4 aliphatic carbocycles. The van der Waals surface area contributed by atoms with Crippen molar-refractivity contribution in [3.05, 3.63) is 67.6 Å². The van der Waals surface area contributed by atoms with Crippen LogP contribution in [-0.2, 0) is 54.6 Å². The van der Waals surface area contributed by atoms with Crippen LogP contribution in [0.15, 0.2) is 49.7 Å². The summed E-state index contributed by atoms with van der Waals surface area (Å²) in [6.45, 7) is 28.8. The van der Waals surface area contributed by atoms with E-state index < -0.39 is 37.9 Å². The van der Waals surface area contributed by atoms with Gasteiger partial charge in [-0.05, 0) is 172 Å². The summed E-state index contributed by atoms with van der Waals surface area (Å²) in [5.41, 5.74) is 3.19. The Bertz CT molecular complexity index is 2110. The summed E-state index contributed by atoms with van der Waals surface area (Å²) in [5.74, 6) is 1.66. The fraction of sp³-hybridized carbons (Fsp3) is 0.706. The summed E-state index contributed by atoms with van der Waals surface area (Å²) >= 11 is 7.26. The Morgan fingerprint density at radius 3 is 1.72 bits per heavy atom. The quantitative estimate of drug-likeness (QED) is 0.278. The number of hydrogen-bond donors (Lipinski definition) is 1. The van der Waals surface area contributed by atoms with E-state index in [4.69, 9.17) is 23.9 Å². The molecule has 2 spiro atoms. The van der Waals surface area contributed by atoms with Crippen molar-refractivity contribution in [1.82, 2.24) is 4.72 Å². The van der Waals surface area contributed by atoms with E-state index in [1.165, 1.54) is 16.7 Å². The molecule has 1 N–H and O–H groups in total. The van der Waals surface area contributed by atoms with Crippen LogP contribution in [0, 0.1) is 63.1 Å². The minimum absolute atomic E-state index is 0.0299. The maximum atomic E-state index is 13.8. The van der Waals surface area contributed by atoms with E-state index in [9.17, 15) is 13.7 Å². The predicted octanol–water partition coefficient (Wildman–Crippen LogP) is 12.1. The largest absolute Gasteiger partial charge is 0.381 e. The zero-order valence-corrected chi connectivity index (χ0v) is 46.2. The maximum Gasteiger partial charge on any atom is 0.174 e. The molecule has 0 amide bonds. The third-order valence-electron chi connectivity index (χ3n) is 13.9. The smallest absolute Gasteiger partial charge is 0.174 e. The maximum absolute atomic E-state index is 13.8. The molecule has 0 heterocycles. The average molecular weight is 1050 g/mol. The molecule has 13 heteroatoms. The first-order valence-electron chi connectivity index (χ1n) is 22.9. The zero-order chi connectivity index (χ0) is 48.4. The van der Waals surface area contributed by atoms with Gasteiger partial charge in [0.25, 0.3) is 0 Å². The second-order valence-corrected chi connectivity index (χ2v) is 27.2. The van der Waals surface area contributed by atoms with Crippen LogP contribution in [0.1, 0.15) is 145 Å². The monoisotopic (exact) mass is 1050 g/mol. The number of nitriles is 2. The SMILES string of the molecule is CC(C)C#N.CCOC(C)(C#N)[C@]1(NS(=O)C(C)(C)C)c2cc(Br)ccc2CC12C[C@@H](C)C(OC)[C@@H](C)C2.COC1[C@H](C)CC2(Cc3ccc(Br)cc3C2=NS(=O)C(C)(C)C)C[C@@H]1C. The highest BCUT2D eigenvalue weighted by molar-refractivity contribution is 9.10. The molecule has 356 valence electrons. The van der Waals surface area contributed by atoms with E-state index in [0.717, 1.165) is 58.7 Å². The van der Waals surface area contributed by atoms with Gasteiger partial charge in [0, 0.05) is 52.1 Å². The van der Waals surface area contributed by atoms with Crippen LogP contribution in [0.3, 0.4) is 0 Å². The number of rotatable bonds is 8. The normalized spacial score (nSPS) is 32.3. The molecular formula is C51H76Br2N4O5S2. The van der Waals surface area contributed by atoms with Gasteiger partial charge < -0.3 is 14.2 Å². The molecule has 0 radical (unpaired) electrons. The van der Waals surface area contributed by atoms with Gasteiger partial charge in [-0.15, -0.1) is 0 Å². The lowest BCUT2D eigenvalue weighted by atomic mass is 9.53. The van der Waals surface area contributed by atoms with Gasteiger partial charge in [-0.2, -0.15) is 14.9 Å². The predicted molar refractivity (Wildman–Crippen MR) is 271 cm³/mol. The minimum atomic E-state index is -1.42. The van der Waals surface area contributed by atoms with Gasteiger partial charge in [-0.1, -0.05) is 71.7 Å². The zero-order valence-electron chi connectivity index (χ0n) is 41.4. The molecule has 0 saturated heterocycles. The first-order valence-corrected chi connectivity index (χ1v) is 26.8. The number of hydrogen-bond acceptors (Lipinski definition) is 7. The molecule has 0 aliphatic heterocycles. The fourth-order valence-electron chi connectivity index (χ4n) is 11.6. The van der Waals surface area contributed by atoms with E-state index in [-0.39, 0.29) is 45.5 Å². The molecule has 2 saturated carbocycles. The highest BCUT2D eigenvalue weighted by atomic mass is 79.9. The van der Waals surface area contributed by atoms with Crippen LogP contribution in [-0.4, -0.2) is 62.3 Å². The Hall–Kier alpha value is -1.81. The molecule has 2 fully saturated rings. The van der Waals surface area contributed by atoms with Crippen molar-refractivity contribution in [2.75, 3.05) is 20.8 Å². The fourth-order valence-corrected chi connectivity index (χ4v) is 14.2. The van der Waals surface area contributed by atoms with Gasteiger partial charge >= 0.3 is 0 Å². The van der Waals surface area contributed by atoms with E-state index in [0.29, 0.717) is 18.4 Å². The molecule has 2 aromatic carbocycles. The van der Waals surface area contributed by atoms with Crippen LogP contribution >= 0.6 is 31.9 Å². The Labute approximate surface area is 408 Å². The van der Waals surface area contributed by atoms with E-state index in [2.05, 4.69) is 107 Å². The molecule has 2 aromatic rings. The Balaban J connectivity index is 0.000000259. The number of halogens is 2. The van der Waals surface area contributed by atoms with Crippen LogP contribution in [0.25, 0.3) is 0 Å². The molecule has 64 heavy (non-hydrogen) atoms. The highest BCUT2D eigenvalue weighted by Gasteiger charge is 2.70. The number of fused-ring (bicyclic) bond motifs is 2. The Morgan fingerprint density at radius 1 is 0.797 bits per heavy atom. The molecule has 9 nitrogen and oxygen atoms in total. The van der Waals surface area contributed by atoms with Crippen LogP contribution in [0.4, 0.5) is 0 Å². The van der Waals surface area contributed by atoms with Crippen LogP contribution in [0.5, 0.6) is 0 Å². The molecule has 7 unspecified atom stereocenters. The summed E-state index contributed by atoms with van der Waals surface area (Å²) in [6, 6.07) is 17.3. The molecule has 0 bridgehead atoms. The summed E-state index contributed by atoms with van der Waals surface area (Å²) in [6.07, 6.45) is 5.98. The van der Waals surface area contributed by atoms with Crippen molar-refractivity contribution in [1.29, 1.82) is 10.5 Å². The first-order chi connectivity index (χ1) is 29.6. The third-order valence-corrected chi connectivity index (χ3v) is 17.9. The van der Waals surface area contributed by atoms with Gasteiger partial charge in [0.1, 0.15) is 16.5 Å². The summed E-state index contributed by atoms with van der Waals surface area (Å²) in [5, 5.41) is 18.5. The van der Waals surface area contributed by atoms with Crippen molar-refractivity contribution in [3.63, 3.8) is 0 Å². The summed E-state index contributed by atoms with van der Waals surface area (Å²) < 4.78 is 54.3. The van der Waals surface area contributed by atoms with Crippen molar-refractivity contribution in [3.8, 4) is 12.1 Å². The van der Waals surface area contributed by atoms with E-state index in [1.54, 1.807) is 7.11 Å². The number of ether oxygens (including phenoxy) is 3. The second-order valence-electron chi connectivity index (χ2n) is 21.5. The van der Waals surface area contributed by atoms with Crippen molar-refractivity contribution >= 4 is 59.5 Å². The lowest BCUT2D eigenvalue weighted by Gasteiger charge is -2.58. The minimum Gasteiger partial charge on any atom is -0.381 e. The number of nitrogens with one attached hydrogen (secondary N) is 1. The van der Waals surface area contributed by atoms with Gasteiger partial charge in [0.2, 0.25) is 0 Å². The van der Waals surface area contributed by atoms with Gasteiger partial charge in [-0.3, -0.25) is 0 Å².